The van der Waals surface area contributed by atoms with Gasteiger partial charge in [-0.3, -0.25) is 10.1 Å². The Morgan fingerprint density at radius 2 is 1.92 bits per heavy atom. The number of dihydropyridines is 1. The van der Waals surface area contributed by atoms with Crippen LogP contribution in [0.15, 0.2) is 76.1 Å². The van der Waals surface area contributed by atoms with Crippen molar-refractivity contribution in [1.82, 2.24) is 20.4 Å². The van der Waals surface area contributed by atoms with Crippen molar-refractivity contribution in [3.05, 3.63) is 105 Å². The van der Waals surface area contributed by atoms with Crippen LogP contribution in [0.25, 0.3) is 5.57 Å². The molecule has 2 heterocycles. The first-order valence-electron chi connectivity index (χ1n) is 11.5. The molecule has 0 fully saturated rings. The lowest BCUT2D eigenvalue weighted by Gasteiger charge is -2.29. The van der Waals surface area contributed by atoms with Crippen LogP contribution in [0.4, 0.5) is 5.69 Å². The molecule has 2 N–H and O–H groups in total. The van der Waals surface area contributed by atoms with Crippen molar-refractivity contribution in [2.24, 2.45) is 0 Å². The van der Waals surface area contributed by atoms with Gasteiger partial charge in [-0.05, 0) is 32.0 Å². The molecule has 0 aliphatic carbocycles. The fourth-order valence-electron chi connectivity index (χ4n) is 4.44. The molecule has 2 aromatic carbocycles. The van der Waals surface area contributed by atoms with Gasteiger partial charge in [0.05, 0.1) is 16.4 Å². The highest BCUT2D eigenvalue weighted by Crippen LogP contribution is 2.43. The number of hydrogen-bond acceptors (Lipinski definition) is 8. The zero-order chi connectivity index (χ0) is 25.8. The molecule has 186 valence electrons. The summed E-state index contributed by atoms with van der Waals surface area (Å²) in [6, 6.07) is 16.1. The van der Waals surface area contributed by atoms with E-state index >= 15 is 0 Å². The molecular formula is C26H27N5O5. The van der Waals surface area contributed by atoms with Crippen LogP contribution >= 0.6 is 0 Å². The Bertz CT molecular complexity index is 1350. The van der Waals surface area contributed by atoms with Crippen molar-refractivity contribution in [1.29, 1.82) is 0 Å². The lowest BCUT2D eigenvalue weighted by Crippen LogP contribution is -2.27. The van der Waals surface area contributed by atoms with Crippen LogP contribution in [0.3, 0.4) is 0 Å². The van der Waals surface area contributed by atoms with Gasteiger partial charge in [0.1, 0.15) is 0 Å². The Hall–Kier alpha value is -4.31. The first-order valence-corrected chi connectivity index (χ1v) is 11.5. The SMILES string of the molecule is CC1=C(C(=O)O)C(c2cccc([N+](=O)[O-])c2)C(c2nc(CCN(C)Cc3ccccc3)no2)=C(C)N1. The lowest BCUT2D eigenvalue weighted by molar-refractivity contribution is -0.384. The van der Waals surface area contributed by atoms with Gasteiger partial charge in [-0.1, -0.05) is 47.6 Å². The molecule has 0 spiro atoms. The Morgan fingerprint density at radius 1 is 1.17 bits per heavy atom. The predicted octanol–water partition coefficient (Wildman–Crippen LogP) is 4.13. The van der Waals surface area contributed by atoms with E-state index in [2.05, 4.69) is 32.5 Å². The molecule has 4 rings (SSSR count). The minimum absolute atomic E-state index is 0.0680. The maximum atomic E-state index is 12.3. The van der Waals surface area contributed by atoms with Crippen molar-refractivity contribution < 1.29 is 19.3 Å². The molecular weight excluding hydrogens is 462 g/mol. The van der Waals surface area contributed by atoms with Gasteiger partial charge in [0, 0.05) is 48.6 Å². The van der Waals surface area contributed by atoms with E-state index in [-0.39, 0.29) is 17.2 Å². The number of nitrogens with one attached hydrogen (secondary N) is 1. The number of rotatable bonds is 9. The number of carbonyl (C=O) groups is 1. The van der Waals surface area contributed by atoms with Crippen molar-refractivity contribution in [2.75, 3.05) is 13.6 Å². The van der Waals surface area contributed by atoms with E-state index in [4.69, 9.17) is 4.52 Å². The minimum Gasteiger partial charge on any atom is -0.478 e. The van der Waals surface area contributed by atoms with Gasteiger partial charge >= 0.3 is 5.97 Å². The van der Waals surface area contributed by atoms with E-state index in [0.29, 0.717) is 41.3 Å². The molecule has 1 aliphatic heterocycles. The maximum absolute atomic E-state index is 12.3. The van der Waals surface area contributed by atoms with Gasteiger partial charge in [0.25, 0.3) is 11.6 Å². The first kappa shape index (κ1) is 24.8. The highest BCUT2D eigenvalue weighted by Gasteiger charge is 2.37. The number of allylic oxidation sites excluding steroid dienone is 3. The predicted molar refractivity (Wildman–Crippen MR) is 133 cm³/mol. The van der Waals surface area contributed by atoms with Gasteiger partial charge < -0.3 is 19.8 Å². The zero-order valence-electron chi connectivity index (χ0n) is 20.3. The Morgan fingerprint density at radius 3 is 2.61 bits per heavy atom. The minimum atomic E-state index is -1.14. The summed E-state index contributed by atoms with van der Waals surface area (Å²) < 4.78 is 5.59. The molecule has 0 saturated carbocycles. The van der Waals surface area contributed by atoms with Crippen LogP contribution in [-0.2, 0) is 17.8 Å². The summed E-state index contributed by atoms with van der Waals surface area (Å²) in [4.78, 5) is 29.9. The van der Waals surface area contributed by atoms with Crippen molar-refractivity contribution in [3.63, 3.8) is 0 Å². The van der Waals surface area contributed by atoms with Crippen LogP contribution in [0.5, 0.6) is 0 Å². The van der Waals surface area contributed by atoms with E-state index in [1.54, 1.807) is 26.0 Å². The van der Waals surface area contributed by atoms with Crippen LogP contribution in [0, 0.1) is 10.1 Å². The highest BCUT2D eigenvalue weighted by atomic mass is 16.6. The second kappa shape index (κ2) is 10.5. The smallest absolute Gasteiger partial charge is 0.334 e. The third kappa shape index (κ3) is 5.33. The van der Waals surface area contributed by atoms with E-state index in [1.807, 2.05) is 25.2 Å². The number of likely N-dealkylation sites (N-methyl/N-ethyl adjacent to an activating group) is 1. The number of hydrogen-bond donors (Lipinski definition) is 2. The van der Waals surface area contributed by atoms with Gasteiger partial charge in [-0.2, -0.15) is 4.98 Å². The summed E-state index contributed by atoms with van der Waals surface area (Å²) in [5.41, 5.74) is 3.17. The molecule has 1 unspecified atom stereocenters. The van der Waals surface area contributed by atoms with Crippen LogP contribution < -0.4 is 5.32 Å². The molecule has 1 atom stereocenters. The molecule has 10 heteroatoms. The largest absolute Gasteiger partial charge is 0.478 e. The molecule has 0 bridgehead atoms. The topological polar surface area (TPSA) is 135 Å². The number of non-ortho nitro benzene ring substituents is 1. The third-order valence-electron chi connectivity index (χ3n) is 6.12. The van der Waals surface area contributed by atoms with Crippen LogP contribution in [0.1, 0.15) is 42.6 Å². The maximum Gasteiger partial charge on any atom is 0.334 e. The third-order valence-corrected chi connectivity index (χ3v) is 6.12. The number of aliphatic carboxylic acids is 1. The number of benzene rings is 2. The number of nitro benzene ring substituents is 1. The molecule has 0 saturated heterocycles. The van der Waals surface area contributed by atoms with Crippen molar-refractivity contribution >= 4 is 17.2 Å². The quantitative estimate of drug-likeness (QED) is 0.336. The van der Waals surface area contributed by atoms with E-state index in [9.17, 15) is 20.0 Å². The molecule has 10 nitrogen and oxygen atoms in total. The van der Waals surface area contributed by atoms with Gasteiger partial charge in [0.2, 0.25) is 0 Å². The van der Waals surface area contributed by atoms with E-state index in [0.717, 1.165) is 6.54 Å². The van der Waals surface area contributed by atoms with Crippen molar-refractivity contribution in [3.8, 4) is 0 Å². The second-order valence-electron chi connectivity index (χ2n) is 8.78. The molecule has 1 aliphatic rings. The average Bonchev–Trinajstić information content (AvgIpc) is 3.31. The molecule has 0 radical (unpaired) electrons. The number of nitro groups is 1. The second-order valence-corrected chi connectivity index (χ2v) is 8.78. The van der Waals surface area contributed by atoms with Crippen LogP contribution in [0.2, 0.25) is 0 Å². The fraction of sp³-hybridized carbons (Fsp3) is 0.269. The zero-order valence-corrected chi connectivity index (χ0v) is 20.3. The van der Waals surface area contributed by atoms with Crippen LogP contribution in [-0.4, -0.2) is 44.6 Å². The van der Waals surface area contributed by atoms with E-state index in [1.165, 1.54) is 17.7 Å². The average molecular weight is 490 g/mol. The van der Waals surface area contributed by atoms with Gasteiger partial charge in [-0.15, -0.1) is 0 Å². The summed E-state index contributed by atoms with van der Waals surface area (Å²) >= 11 is 0. The summed E-state index contributed by atoms with van der Waals surface area (Å²) in [5.74, 6) is -1.28. The molecule has 1 aromatic heterocycles. The summed E-state index contributed by atoms with van der Waals surface area (Å²) in [6.45, 7) is 4.92. The monoisotopic (exact) mass is 489 g/mol. The standard InChI is InChI=1S/C26H27N5O5/c1-16-22(25-28-21(29-36-25)12-13-30(3)15-18-8-5-4-6-9-18)24(23(26(32)33)17(2)27-16)19-10-7-11-20(14-19)31(34)35/h4-11,14,24,27H,12-13,15H2,1-3H3,(H,32,33). The molecule has 36 heavy (non-hydrogen) atoms. The Balaban J connectivity index is 1.62. The molecule has 3 aromatic rings. The first-order chi connectivity index (χ1) is 17.2. The summed E-state index contributed by atoms with van der Waals surface area (Å²) in [6.07, 6.45) is 0.536. The van der Waals surface area contributed by atoms with Crippen molar-refractivity contribution in [2.45, 2.75) is 32.7 Å². The normalized spacial score (nSPS) is 15.8. The number of carboxylic acids is 1. The summed E-state index contributed by atoms with van der Waals surface area (Å²) in [7, 11) is 2.01. The van der Waals surface area contributed by atoms with E-state index < -0.39 is 16.8 Å². The molecule has 0 amide bonds. The fourth-order valence-corrected chi connectivity index (χ4v) is 4.44. The number of aromatic nitrogens is 2. The Labute approximate surface area is 208 Å². The van der Waals surface area contributed by atoms with Gasteiger partial charge in [-0.25, -0.2) is 4.79 Å². The lowest BCUT2D eigenvalue weighted by atomic mass is 9.80. The van der Waals surface area contributed by atoms with Gasteiger partial charge in [0.15, 0.2) is 5.82 Å². The summed E-state index contributed by atoms with van der Waals surface area (Å²) in [5, 5.41) is 28.6. The number of carboxylic acid groups (broad SMARTS) is 1. The Kier molecular flexibility index (Phi) is 7.25. The number of nitrogens with zero attached hydrogens (tertiary/aromatic N) is 4. The highest BCUT2D eigenvalue weighted by molar-refractivity contribution is 5.95.